The molecule has 0 saturated carbocycles. The Morgan fingerprint density at radius 1 is 0.613 bits per heavy atom. The monoisotopic (exact) mass is 424 g/mol. The van der Waals surface area contributed by atoms with Gasteiger partial charge in [0.15, 0.2) is 0 Å². The smallest absolute Gasteiger partial charge is 0.119 e. The summed E-state index contributed by atoms with van der Waals surface area (Å²) in [7, 11) is 1.69. The fraction of sp³-hybridized carbons (Fsp3) is 0.0714. The summed E-state index contributed by atoms with van der Waals surface area (Å²) in [6.07, 6.45) is 0. The second kappa shape index (κ2) is 10.6. The minimum absolute atomic E-state index is 0.459. The SMILES string of the molecule is COc1ccc(/C(COc2ccccc2)=C(\Sc2ccccc2)c2ccccc2)cc1. The number of rotatable bonds is 8. The lowest BCUT2D eigenvalue weighted by molar-refractivity contribution is 0.370. The Kier molecular flexibility index (Phi) is 7.09. The van der Waals surface area contributed by atoms with Crippen molar-refractivity contribution in [2.75, 3.05) is 13.7 Å². The van der Waals surface area contributed by atoms with E-state index in [2.05, 4.69) is 60.7 Å². The third-order valence-electron chi connectivity index (χ3n) is 4.84. The fourth-order valence-corrected chi connectivity index (χ4v) is 4.32. The van der Waals surface area contributed by atoms with Crippen LogP contribution in [0.15, 0.2) is 120 Å². The van der Waals surface area contributed by atoms with E-state index in [9.17, 15) is 0 Å². The Balaban J connectivity index is 1.81. The van der Waals surface area contributed by atoms with Crippen LogP contribution in [0.4, 0.5) is 0 Å². The van der Waals surface area contributed by atoms with Crippen LogP contribution in [-0.2, 0) is 0 Å². The van der Waals surface area contributed by atoms with Crippen LogP contribution in [0.25, 0.3) is 10.5 Å². The largest absolute Gasteiger partial charge is 0.497 e. The molecule has 0 heterocycles. The van der Waals surface area contributed by atoms with Crippen molar-refractivity contribution in [1.29, 1.82) is 0 Å². The summed E-state index contributed by atoms with van der Waals surface area (Å²) in [6.45, 7) is 0.459. The molecule has 4 aromatic rings. The van der Waals surface area contributed by atoms with Crippen LogP contribution in [0.3, 0.4) is 0 Å². The van der Waals surface area contributed by atoms with Crippen molar-refractivity contribution in [1.82, 2.24) is 0 Å². The molecular formula is C28H24O2S. The highest BCUT2D eigenvalue weighted by molar-refractivity contribution is 8.08. The van der Waals surface area contributed by atoms with Crippen LogP contribution in [0.1, 0.15) is 11.1 Å². The van der Waals surface area contributed by atoms with Crippen molar-refractivity contribution < 1.29 is 9.47 Å². The molecule has 0 fully saturated rings. The normalized spacial score (nSPS) is 11.5. The number of ether oxygens (including phenoxy) is 2. The van der Waals surface area contributed by atoms with Gasteiger partial charge < -0.3 is 9.47 Å². The van der Waals surface area contributed by atoms with Gasteiger partial charge in [0, 0.05) is 15.4 Å². The summed E-state index contributed by atoms with van der Waals surface area (Å²) in [4.78, 5) is 2.36. The molecule has 0 radical (unpaired) electrons. The second-order valence-electron chi connectivity index (χ2n) is 6.92. The summed E-state index contributed by atoms with van der Waals surface area (Å²) in [5.41, 5.74) is 3.41. The maximum absolute atomic E-state index is 6.22. The molecule has 0 amide bonds. The quantitative estimate of drug-likeness (QED) is 0.216. The summed E-state index contributed by atoms with van der Waals surface area (Å²) in [5, 5.41) is 0. The Bertz CT molecular complexity index is 1110. The maximum Gasteiger partial charge on any atom is 0.119 e. The highest BCUT2D eigenvalue weighted by atomic mass is 32.2. The average Bonchev–Trinajstić information content (AvgIpc) is 2.85. The number of hydrogen-bond donors (Lipinski definition) is 0. The molecule has 154 valence electrons. The minimum atomic E-state index is 0.459. The van der Waals surface area contributed by atoms with E-state index in [4.69, 9.17) is 9.47 Å². The molecule has 31 heavy (non-hydrogen) atoms. The molecule has 0 N–H and O–H groups in total. The molecule has 0 bridgehead atoms. The molecule has 0 atom stereocenters. The number of hydrogen-bond acceptors (Lipinski definition) is 3. The predicted molar refractivity (Wildman–Crippen MR) is 130 cm³/mol. The summed E-state index contributed by atoms with van der Waals surface area (Å²) < 4.78 is 11.6. The van der Waals surface area contributed by atoms with E-state index in [0.29, 0.717) is 6.61 Å². The lowest BCUT2D eigenvalue weighted by Gasteiger charge is -2.18. The molecule has 4 rings (SSSR count). The Morgan fingerprint density at radius 2 is 1.19 bits per heavy atom. The highest BCUT2D eigenvalue weighted by Crippen LogP contribution is 2.40. The summed E-state index contributed by atoms with van der Waals surface area (Å²) in [6, 6.07) is 39.1. The van der Waals surface area contributed by atoms with Gasteiger partial charge in [-0.2, -0.15) is 0 Å². The zero-order valence-corrected chi connectivity index (χ0v) is 18.2. The van der Waals surface area contributed by atoms with E-state index >= 15 is 0 Å². The predicted octanol–water partition coefficient (Wildman–Crippen LogP) is 7.43. The van der Waals surface area contributed by atoms with E-state index in [1.54, 1.807) is 18.9 Å². The first kappa shape index (κ1) is 20.8. The van der Waals surface area contributed by atoms with Gasteiger partial charge in [-0.3, -0.25) is 0 Å². The van der Waals surface area contributed by atoms with E-state index in [0.717, 1.165) is 22.6 Å². The minimum Gasteiger partial charge on any atom is -0.497 e. The van der Waals surface area contributed by atoms with Gasteiger partial charge in [0.1, 0.15) is 18.1 Å². The molecule has 0 aromatic heterocycles. The third-order valence-corrected chi connectivity index (χ3v) is 6.03. The first-order valence-corrected chi connectivity index (χ1v) is 11.0. The molecule has 0 aliphatic heterocycles. The Morgan fingerprint density at radius 3 is 1.81 bits per heavy atom. The third kappa shape index (κ3) is 5.59. The molecule has 0 unspecified atom stereocenters. The molecule has 0 aliphatic rings. The van der Waals surface area contributed by atoms with Crippen LogP contribution in [0.5, 0.6) is 11.5 Å². The van der Waals surface area contributed by atoms with E-state index < -0.39 is 0 Å². The fourth-order valence-electron chi connectivity index (χ4n) is 3.24. The van der Waals surface area contributed by atoms with Gasteiger partial charge in [0.05, 0.1) is 7.11 Å². The van der Waals surface area contributed by atoms with Gasteiger partial charge in [-0.25, -0.2) is 0 Å². The van der Waals surface area contributed by atoms with Crippen LogP contribution < -0.4 is 9.47 Å². The highest BCUT2D eigenvalue weighted by Gasteiger charge is 2.15. The lowest BCUT2D eigenvalue weighted by Crippen LogP contribution is -2.03. The first-order valence-electron chi connectivity index (χ1n) is 10.2. The second-order valence-corrected chi connectivity index (χ2v) is 8.00. The van der Waals surface area contributed by atoms with Crippen molar-refractivity contribution in [3.05, 3.63) is 126 Å². The number of benzene rings is 4. The zero-order chi connectivity index (χ0) is 21.3. The van der Waals surface area contributed by atoms with Gasteiger partial charge in [0.25, 0.3) is 0 Å². The number of para-hydroxylation sites is 1. The van der Waals surface area contributed by atoms with Gasteiger partial charge in [-0.05, 0) is 47.5 Å². The lowest BCUT2D eigenvalue weighted by atomic mass is 10.0. The molecule has 4 aromatic carbocycles. The van der Waals surface area contributed by atoms with Crippen LogP contribution in [-0.4, -0.2) is 13.7 Å². The van der Waals surface area contributed by atoms with E-state index in [1.165, 1.54) is 15.4 Å². The van der Waals surface area contributed by atoms with Gasteiger partial charge in [-0.15, -0.1) is 0 Å². The van der Waals surface area contributed by atoms with Gasteiger partial charge in [0.2, 0.25) is 0 Å². The van der Waals surface area contributed by atoms with Crippen LogP contribution in [0, 0.1) is 0 Å². The molecule has 0 saturated heterocycles. The van der Waals surface area contributed by atoms with Gasteiger partial charge >= 0.3 is 0 Å². The number of methoxy groups -OCH3 is 1. The van der Waals surface area contributed by atoms with Crippen molar-refractivity contribution in [2.24, 2.45) is 0 Å². The Labute approximate surface area is 188 Å². The average molecular weight is 425 g/mol. The number of thioether (sulfide) groups is 1. The maximum atomic E-state index is 6.22. The van der Waals surface area contributed by atoms with Crippen LogP contribution in [0.2, 0.25) is 0 Å². The first-order chi connectivity index (χ1) is 15.3. The van der Waals surface area contributed by atoms with Crippen molar-refractivity contribution in [3.8, 4) is 11.5 Å². The van der Waals surface area contributed by atoms with E-state index in [1.807, 2.05) is 54.6 Å². The van der Waals surface area contributed by atoms with Crippen molar-refractivity contribution in [3.63, 3.8) is 0 Å². The standard InChI is InChI=1S/C28H24O2S/c1-29-24-19-17-22(18-20-24)27(21-30-25-13-7-3-8-14-25)28(23-11-5-2-6-12-23)31-26-15-9-4-10-16-26/h2-20H,21H2,1H3/b28-27-. The molecular weight excluding hydrogens is 400 g/mol. The molecule has 0 aliphatic carbocycles. The topological polar surface area (TPSA) is 18.5 Å². The van der Waals surface area contributed by atoms with E-state index in [-0.39, 0.29) is 0 Å². The molecule has 3 heteroatoms. The van der Waals surface area contributed by atoms with Crippen molar-refractivity contribution >= 4 is 22.2 Å². The summed E-state index contributed by atoms with van der Waals surface area (Å²) in [5.74, 6) is 1.69. The summed E-state index contributed by atoms with van der Waals surface area (Å²) >= 11 is 1.76. The molecule has 0 spiro atoms. The zero-order valence-electron chi connectivity index (χ0n) is 17.4. The van der Waals surface area contributed by atoms with Gasteiger partial charge in [-0.1, -0.05) is 90.6 Å². The van der Waals surface area contributed by atoms with Crippen molar-refractivity contribution in [2.45, 2.75) is 4.90 Å². The Hall–Kier alpha value is -3.43. The molecule has 2 nitrogen and oxygen atoms in total. The van der Waals surface area contributed by atoms with Crippen LogP contribution >= 0.6 is 11.8 Å².